The van der Waals surface area contributed by atoms with Crippen molar-refractivity contribution in [1.29, 1.82) is 0 Å². The zero-order valence-electron chi connectivity index (χ0n) is 10.6. The van der Waals surface area contributed by atoms with Gasteiger partial charge in [-0.15, -0.1) is 0 Å². The summed E-state index contributed by atoms with van der Waals surface area (Å²) in [4.78, 5) is 9.01. The molecule has 2 fully saturated rings. The topological polar surface area (TPSA) is 47.0 Å². The monoisotopic (exact) mass is 311 g/mol. The molecule has 0 aromatic carbocycles. The summed E-state index contributed by atoms with van der Waals surface area (Å²) in [5, 5.41) is 3.38. The van der Waals surface area contributed by atoms with Gasteiger partial charge in [0.25, 0.3) is 0 Å². The Hall–Kier alpha value is -0.680. The van der Waals surface area contributed by atoms with Crippen LogP contribution in [0.15, 0.2) is 10.7 Å². The molecule has 4 nitrogen and oxygen atoms in total. The molecule has 1 aromatic rings. The molecule has 0 bridgehead atoms. The first-order valence-corrected chi connectivity index (χ1v) is 7.36. The largest absolute Gasteiger partial charge is 0.373 e. The van der Waals surface area contributed by atoms with Crippen molar-refractivity contribution in [1.82, 2.24) is 9.97 Å². The molecule has 1 N–H and O–H groups in total. The van der Waals surface area contributed by atoms with Crippen LogP contribution in [-0.4, -0.2) is 28.7 Å². The van der Waals surface area contributed by atoms with E-state index in [0.29, 0.717) is 5.92 Å². The van der Waals surface area contributed by atoms with E-state index in [0.717, 1.165) is 42.2 Å². The summed E-state index contributed by atoms with van der Waals surface area (Å²) in [7, 11) is 0. The number of halogens is 1. The van der Waals surface area contributed by atoms with E-state index < -0.39 is 0 Å². The van der Waals surface area contributed by atoms with Gasteiger partial charge in [-0.3, -0.25) is 0 Å². The molecule has 3 rings (SSSR count). The van der Waals surface area contributed by atoms with E-state index in [2.05, 4.69) is 38.1 Å². The molecule has 1 unspecified atom stereocenters. The second-order valence-corrected chi connectivity index (χ2v) is 6.28. The van der Waals surface area contributed by atoms with Crippen LogP contribution in [0.2, 0.25) is 0 Å². The normalized spacial score (nSPS) is 27.4. The molecule has 98 valence electrons. The molecule has 0 amide bonds. The minimum Gasteiger partial charge on any atom is -0.373 e. The molecule has 0 spiro atoms. The van der Waals surface area contributed by atoms with Crippen LogP contribution in [0.25, 0.3) is 0 Å². The summed E-state index contributed by atoms with van der Waals surface area (Å²) in [6.45, 7) is 3.84. The Bertz CT molecular complexity index is 442. The minimum atomic E-state index is -0.0445. The van der Waals surface area contributed by atoms with Crippen molar-refractivity contribution in [2.24, 2.45) is 0 Å². The Morgan fingerprint density at radius 2 is 2.33 bits per heavy atom. The van der Waals surface area contributed by atoms with Crippen LogP contribution in [0.4, 0.5) is 5.82 Å². The first-order valence-electron chi connectivity index (χ1n) is 6.57. The first kappa shape index (κ1) is 12.4. The lowest BCUT2D eigenvalue weighted by molar-refractivity contribution is 0.0314. The van der Waals surface area contributed by atoms with Crippen LogP contribution in [0.3, 0.4) is 0 Å². The Kier molecular flexibility index (Phi) is 3.28. The molecule has 18 heavy (non-hydrogen) atoms. The van der Waals surface area contributed by atoms with Crippen molar-refractivity contribution in [3.05, 3.63) is 16.5 Å². The molecule has 1 saturated carbocycles. The fourth-order valence-corrected chi connectivity index (χ4v) is 2.70. The van der Waals surface area contributed by atoms with Crippen molar-refractivity contribution in [3.8, 4) is 0 Å². The summed E-state index contributed by atoms with van der Waals surface area (Å²) >= 11 is 3.45. The standard InChI is InChI=1S/C13H18BrN3O/c1-13(5-2-6-18-13)8-15-11-7-10(14)16-12(17-11)9-3-4-9/h7,9H,2-6,8H2,1H3,(H,15,16,17). The van der Waals surface area contributed by atoms with Gasteiger partial charge < -0.3 is 10.1 Å². The quantitative estimate of drug-likeness (QED) is 0.868. The van der Waals surface area contributed by atoms with Gasteiger partial charge >= 0.3 is 0 Å². The van der Waals surface area contributed by atoms with Crippen molar-refractivity contribution < 1.29 is 4.74 Å². The first-order chi connectivity index (χ1) is 8.65. The van der Waals surface area contributed by atoms with Crippen molar-refractivity contribution in [2.75, 3.05) is 18.5 Å². The third-order valence-corrected chi connectivity index (χ3v) is 4.00. The second-order valence-electron chi connectivity index (χ2n) is 5.46. The summed E-state index contributed by atoms with van der Waals surface area (Å²) in [5.41, 5.74) is -0.0445. The van der Waals surface area contributed by atoms with Gasteiger partial charge in [-0.2, -0.15) is 0 Å². The molecule has 0 radical (unpaired) electrons. The number of anilines is 1. The fraction of sp³-hybridized carbons (Fsp3) is 0.692. The third kappa shape index (κ3) is 2.83. The van der Waals surface area contributed by atoms with Gasteiger partial charge in [-0.1, -0.05) is 0 Å². The Balaban J connectivity index is 1.68. The average molecular weight is 312 g/mol. The molecular weight excluding hydrogens is 294 g/mol. The molecule has 1 aromatic heterocycles. The maximum Gasteiger partial charge on any atom is 0.135 e. The highest BCUT2D eigenvalue weighted by molar-refractivity contribution is 9.10. The van der Waals surface area contributed by atoms with Crippen LogP contribution in [0.5, 0.6) is 0 Å². The molecular formula is C13H18BrN3O. The van der Waals surface area contributed by atoms with Crippen LogP contribution in [0, 0.1) is 0 Å². The van der Waals surface area contributed by atoms with Crippen LogP contribution < -0.4 is 5.32 Å². The number of nitrogens with zero attached hydrogens (tertiary/aromatic N) is 2. The minimum absolute atomic E-state index is 0.0445. The van der Waals surface area contributed by atoms with Gasteiger partial charge in [0, 0.05) is 25.1 Å². The summed E-state index contributed by atoms with van der Waals surface area (Å²) in [5.74, 6) is 2.43. The number of hydrogen-bond donors (Lipinski definition) is 1. The van der Waals surface area contributed by atoms with E-state index >= 15 is 0 Å². The average Bonchev–Trinajstić information content (AvgIpc) is 3.10. The van der Waals surface area contributed by atoms with E-state index in [9.17, 15) is 0 Å². The van der Waals surface area contributed by atoms with Gasteiger partial charge in [-0.25, -0.2) is 9.97 Å². The number of hydrogen-bond acceptors (Lipinski definition) is 4. The predicted octanol–water partition coefficient (Wildman–Crippen LogP) is 3.10. The van der Waals surface area contributed by atoms with Crippen molar-refractivity contribution in [3.63, 3.8) is 0 Å². The van der Waals surface area contributed by atoms with E-state index in [-0.39, 0.29) is 5.60 Å². The van der Waals surface area contributed by atoms with Gasteiger partial charge in [0.05, 0.1) is 5.60 Å². The maximum atomic E-state index is 5.76. The van der Waals surface area contributed by atoms with Crippen LogP contribution >= 0.6 is 15.9 Å². The SMILES string of the molecule is CC1(CNc2cc(Br)nc(C3CC3)n2)CCCO1. The van der Waals surface area contributed by atoms with Gasteiger partial charge in [0.1, 0.15) is 16.2 Å². The Morgan fingerprint density at radius 1 is 1.50 bits per heavy atom. The fourth-order valence-electron chi connectivity index (χ4n) is 2.30. The van der Waals surface area contributed by atoms with Gasteiger partial charge in [-0.05, 0) is 48.5 Å². The lowest BCUT2D eigenvalue weighted by Gasteiger charge is -2.23. The molecule has 1 atom stereocenters. The smallest absolute Gasteiger partial charge is 0.135 e. The predicted molar refractivity (Wildman–Crippen MR) is 73.8 cm³/mol. The molecule has 1 saturated heterocycles. The van der Waals surface area contributed by atoms with Gasteiger partial charge in [0.2, 0.25) is 0 Å². The second kappa shape index (κ2) is 4.78. The Morgan fingerprint density at radius 3 is 3.00 bits per heavy atom. The highest BCUT2D eigenvalue weighted by atomic mass is 79.9. The number of nitrogens with one attached hydrogen (secondary N) is 1. The zero-order valence-corrected chi connectivity index (χ0v) is 12.2. The lowest BCUT2D eigenvalue weighted by atomic mass is 10.0. The zero-order chi connectivity index (χ0) is 12.6. The molecule has 2 heterocycles. The Labute approximate surface area is 116 Å². The molecule has 1 aliphatic heterocycles. The number of aromatic nitrogens is 2. The van der Waals surface area contributed by atoms with Crippen LogP contribution in [-0.2, 0) is 4.74 Å². The van der Waals surface area contributed by atoms with Crippen molar-refractivity contribution >= 4 is 21.7 Å². The summed E-state index contributed by atoms with van der Waals surface area (Å²) < 4.78 is 6.63. The van der Waals surface area contributed by atoms with E-state index in [1.165, 1.54) is 12.8 Å². The van der Waals surface area contributed by atoms with Crippen LogP contribution in [0.1, 0.15) is 44.3 Å². The summed E-state index contributed by atoms with van der Waals surface area (Å²) in [6, 6.07) is 1.93. The highest BCUT2D eigenvalue weighted by Crippen LogP contribution is 2.38. The molecule has 5 heteroatoms. The number of ether oxygens (including phenoxy) is 1. The third-order valence-electron chi connectivity index (χ3n) is 3.60. The van der Waals surface area contributed by atoms with E-state index in [1.807, 2.05) is 6.07 Å². The maximum absolute atomic E-state index is 5.76. The van der Waals surface area contributed by atoms with Gasteiger partial charge in [0.15, 0.2) is 0 Å². The van der Waals surface area contributed by atoms with E-state index in [1.54, 1.807) is 0 Å². The molecule has 2 aliphatic rings. The molecule has 1 aliphatic carbocycles. The lowest BCUT2D eigenvalue weighted by Crippen LogP contribution is -2.32. The van der Waals surface area contributed by atoms with Crippen molar-refractivity contribution in [2.45, 2.75) is 44.1 Å². The van der Waals surface area contributed by atoms with E-state index in [4.69, 9.17) is 4.74 Å². The summed E-state index contributed by atoms with van der Waals surface area (Å²) in [6.07, 6.45) is 4.70. The number of rotatable bonds is 4. The highest BCUT2D eigenvalue weighted by Gasteiger charge is 2.30.